The molecule has 0 saturated heterocycles. The molecule has 2 aliphatic rings. The summed E-state index contributed by atoms with van der Waals surface area (Å²) in [6, 6.07) is 61.4. The number of thiophene rings is 1. The summed E-state index contributed by atoms with van der Waals surface area (Å²) in [5.74, 6) is 1.78. The predicted octanol–water partition coefficient (Wildman–Crippen LogP) is 14.2. The third-order valence-electron chi connectivity index (χ3n) is 11.7. The van der Waals surface area contributed by atoms with E-state index in [0.717, 1.165) is 61.6 Å². The lowest BCUT2D eigenvalue weighted by Crippen LogP contribution is -2.32. The molecule has 10 aromatic rings. The molecule has 12 rings (SSSR count). The highest BCUT2D eigenvalue weighted by Gasteiger charge is 2.51. The fraction of sp³-hybridized carbons (Fsp3) is 0.0400. The van der Waals surface area contributed by atoms with Crippen molar-refractivity contribution in [3.63, 3.8) is 0 Å². The lowest BCUT2D eigenvalue weighted by molar-refractivity contribution is 0.442. The van der Waals surface area contributed by atoms with Crippen LogP contribution in [0.1, 0.15) is 27.8 Å². The van der Waals surface area contributed by atoms with Crippen LogP contribution in [0.5, 0.6) is 11.5 Å². The van der Waals surface area contributed by atoms with Crippen LogP contribution >= 0.6 is 11.3 Å². The largest absolute Gasteiger partial charge is 0.456 e. The van der Waals surface area contributed by atoms with Gasteiger partial charge in [-0.05, 0) is 71.1 Å². The number of ether oxygens (including phenoxy) is 1. The summed E-state index contributed by atoms with van der Waals surface area (Å²) in [4.78, 5) is 2.34. The molecule has 0 amide bonds. The van der Waals surface area contributed by atoms with Gasteiger partial charge in [0.05, 0.1) is 16.8 Å². The van der Waals surface area contributed by atoms with Crippen LogP contribution in [0.4, 0.5) is 17.1 Å². The van der Waals surface area contributed by atoms with Gasteiger partial charge in [-0.2, -0.15) is 0 Å². The number of nitrogens with zero attached hydrogens (tertiary/aromatic N) is 1. The fourth-order valence-corrected chi connectivity index (χ4v) is 10.5. The molecule has 54 heavy (non-hydrogen) atoms. The molecule has 0 bridgehead atoms. The average Bonchev–Trinajstić information content (AvgIpc) is 3.88. The van der Waals surface area contributed by atoms with Crippen LogP contribution in [0, 0.1) is 6.92 Å². The van der Waals surface area contributed by atoms with Crippen LogP contribution in [0.25, 0.3) is 53.2 Å². The maximum atomic E-state index is 7.36. The number of fused-ring (bicyclic) bond motifs is 16. The Morgan fingerprint density at radius 1 is 0.519 bits per heavy atom. The summed E-state index contributed by atoms with van der Waals surface area (Å²) in [5.41, 5.74) is 12.8. The number of aryl methyl sites for hydroxylation is 1. The smallest absolute Gasteiger partial charge is 0.159 e. The molecular weight excluding hydrogens is 679 g/mol. The molecule has 2 aromatic heterocycles. The summed E-state index contributed by atoms with van der Waals surface area (Å²) < 4.78 is 16.5. The van der Waals surface area contributed by atoms with Crippen molar-refractivity contribution in [1.82, 2.24) is 0 Å². The van der Waals surface area contributed by atoms with E-state index in [1.807, 2.05) is 23.5 Å². The lowest BCUT2D eigenvalue weighted by Gasteiger charge is -2.40. The van der Waals surface area contributed by atoms with Crippen LogP contribution in [0.15, 0.2) is 174 Å². The SMILES string of the molecule is Cc1ccccc1N(c1ccc2c(c1)Oc1c(ccc3sc4ccccc4c13)C21c2ccccc2-c2ccccc21)c1cccc2c1oc1ccccc12. The Kier molecular flexibility index (Phi) is 6.07. The molecular formula is C50H31NO2S. The number of furan rings is 1. The number of hydrogen-bond acceptors (Lipinski definition) is 4. The second-order valence-electron chi connectivity index (χ2n) is 14.4. The van der Waals surface area contributed by atoms with E-state index >= 15 is 0 Å². The second kappa shape index (κ2) is 11.0. The summed E-state index contributed by atoms with van der Waals surface area (Å²) >= 11 is 1.83. The second-order valence-corrected chi connectivity index (χ2v) is 15.5. The van der Waals surface area contributed by atoms with E-state index in [-0.39, 0.29) is 0 Å². The molecule has 4 heteroatoms. The van der Waals surface area contributed by atoms with Crippen molar-refractivity contribution in [2.75, 3.05) is 4.90 Å². The predicted molar refractivity (Wildman–Crippen MR) is 223 cm³/mol. The molecule has 0 saturated carbocycles. The fourth-order valence-electron chi connectivity index (χ4n) is 9.43. The van der Waals surface area contributed by atoms with E-state index in [1.165, 1.54) is 48.0 Å². The minimum absolute atomic E-state index is 0.571. The molecule has 3 heterocycles. The Balaban J connectivity index is 1.18. The van der Waals surface area contributed by atoms with Crippen LogP contribution in [0.3, 0.4) is 0 Å². The summed E-state index contributed by atoms with van der Waals surface area (Å²) in [6.45, 7) is 2.17. The van der Waals surface area contributed by atoms with E-state index in [9.17, 15) is 0 Å². The molecule has 0 N–H and O–H groups in total. The van der Waals surface area contributed by atoms with Crippen molar-refractivity contribution >= 4 is 70.5 Å². The van der Waals surface area contributed by atoms with E-state index in [4.69, 9.17) is 9.15 Å². The number of benzene rings is 8. The Bertz CT molecular complexity index is 3140. The highest BCUT2D eigenvalue weighted by molar-refractivity contribution is 7.25. The van der Waals surface area contributed by atoms with Crippen LogP contribution in [-0.4, -0.2) is 0 Å². The van der Waals surface area contributed by atoms with Gasteiger partial charge in [0.2, 0.25) is 0 Å². The summed E-state index contributed by atoms with van der Waals surface area (Å²) in [6.07, 6.45) is 0. The van der Waals surface area contributed by atoms with Crippen molar-refractivity contribution in [3.05, 3.63) is 198 Å². The zero-order valence-electron chi connectivity index (χ0n) is 29.3. The summed E-state index contributed by atoms with van der Waals surface area (Å²) in [5, 5.41) is 4.60. The van der Waals surface area contributed by atoms with Gasteiger partial charge in [-0.1, -0.05) is 127 Å². The molecule has 8 aromatic carbocycles. The molecule has 1 aliphatic heterocycles. The first-order chi connectivity index (χ1) is 26.7. The third kappa shape index (κ3) is 3.85. The number of rotatable bonds is 3. The minimum Gasteiger partial charge on any atom is -0.456 e. The first-order valence-corrected chi connectivity index (χ1v) is 19.2. The number of anilines is 3. The Morgan fingerprint density at radius 2 is 1.19 bits per heavy atom. The van der Waals surface area contributed by atoms with Gasteiger partial charge in [-0.3, -0.25) is 0 Å². The van der Waals surface area contributed by atoms with Crippen LogP contribution in [-0.2, 0) is 5.41 Å². The number of para-hydroxylation sites is 3. The average molecular weight is 710 g/mol. The molecule has 1 aliphatic carbocycles. The highest BCUT2D eigenvalue weighted by atomic mass is 32.1. The van der Waals surface area contributed by atoms with Gasteiger partial charge in [0.25, 0.3) is 0 Å². The molecule has 1 spiro atoms. The molecule has 254 valence electrons. The van der Waals surface area contributed by atoms with Gasteiger partial charge in [-0.25, -0.2) is 0 Å². The van der Waals surface area contributed by atoms with Gasteiger partial charge in [-0.15, -0.1) is 11.3 Å². The van der Waals surface area contributed by atoms with Crippen molar-refractivity contribution < 1.29 is 9.15 Å². The standard InChI is InChI=1S/C50H31NO2S/c1-30-13-2-9-21-41(30)51(42-22-12-18-35-34-16-5-10-23-43(34)52-48(35)42)31-25-26-39-44(29-31)53-49-40(27-28-46-47(49)36-17-6-11-24-45(36)54-46)50(39)37-19-7-3-14-32(37)33-15-4-8-20-38(33)50/h2-29H,1H3. The normalized spacial score (nSPS) is 13.6. The third-order valence-corrected chi connectivity index (χ3v) is 12.8. The molecule has 0 atom stereocenters. The topological polar surface area (TPSA) is 25.6 Å². The van der Waals surface area contributed by atoms with Gasteiger partial charge in [0, 0.05) is 53.8 Å². The highest BCUT2D eigenvalue weighted by Crippen LogP contribution is 2.64. The molecule has 0 radical (unpaired) electrons. The van der Waals surface area contributed by atoms with E-state index < -0.39 is 5.41 Å². The lowest BCUT2D eigenvalue weighted by atomic mass is 9.66. The number of hydrogen-bond donors (Lipinski definition) is 0. The molecule has 0 fully saturated rings. The first kappa shape index (κ1) is 29.9. The first-order valence-electron chi connectivity index (χ1n) is 18.4. The van der Waals surface area contributed by atoms with Crippen molar-refractivity contribution in [2.24, 2.45) is 0 Å². The zero-order chi connectivity index (χ0) is 35.5. The van der Waals surface area contributed by atoms with Gasteiger partial charge in [0.15, 0.2) is 5.58 Å². The van der Waals surface area contributed by atoms with Gasteiger partial charge < -0.3 is 14.1 Å². The molecule has 3 nitrogen and oxygen atoms in total. The Labute approximate surface area is 315 Å². The van der Waals surface area contributed by atoms with E-state index in [0.29, 0.717) is 0 Å². The maximum absolute atomic E-state index is 7.36. The monoisotopic (exact) mass is 709 g/mol. The quantitative estimate of drug-likeness (QED) is 0.183. The Hall–Kier alpha value is -6.62. The Morgan fingerprint density at radius 3 is 2.02 bits per heavy atom. The maximum Gasteiger partial charge on any atom is 0.159 e. The minimum atomic E-state index is -0.571. The summed E-state index contributed by atoms with van der Waals surface area (Å²) in [7, 11) is 0. The van der Waals surface area contributed by atoms with Crippen molar-refractivity contribution in [3.8, 4) is 22.6 Å². The van der Waals surface area contributed by atoms with Gasteiger partial charge in [0.1, 0.15) is 17.1 Å². The van der Waals surface area contributed by atoms with Crippen LogP contribution in [0.2, 0.25) is 0 Å². The van der Waals surface area contributed by atoms with Crippen molar-refractivity contribution in [1.29, 1.82) is 0 Å². The van der Waals surface area contributed by atoms with Gasteiger partial charge >= 0.3 is 0 Å². The van der Waals surface area contributed by atoms with Crippen molar-refractivity contribution in [2.45, 2.75) is 12.3 Å². The van der Waals surface area contributed by atoms with Crippen LogP contribution < -0.4 is 9.64 Å². The molecule has 0 unspecified atom stereocenters. The zero-order valence-corrected chi connectivity index (χ0v) is 30.2. The van der Waals surface area contributed by atoms with E-state index in [1.54, 1.807) is 0 Å². The van der Waals surface area contributed by atoms with E-state index in [2.05, 4.69) is 170 Å².